The molecule has 1 fully saturated rings. The van der Waals surface area contributed by atoms with Gasteiger partial charge in [-0.3, -0.25) is 9.13 Å². The molecule has 0 heterocycles. The van der Waals surface area contributed by atoms with Gasteiger partial charge < -0.3 is 28.1 Å². The summed E-state index contributed by atoms with van der Waals surface area (Å²) < 4.78 is 52.8. The molecule has 9 nitrogen and oxygen atoms in total. The minimum absolute atomic E-state index is 0.245. The van der Waals surface area contributed by atoms with Gasteiger partial charge >= 0.3 is 21.3 Å². The minimum atomic E-state index is -3.70. The molecule has 1 aromatic carbocycles. The number of carbonyl (C=O) groups is 1. The van der Waals surface area contributed by atoms with E-state index in [-0.39, 0.29) is 19.1 Å². The molecule has 0 bridgehead atoms. The third kappa shape index (κ3) is 5.59. The molecule has 0 aliphatic heterocycles. The number of rotatable bonds is 10. The highest BCUT2D eigenvalue weighted by Crippen LogP contribution is 2.75. The van der Waals surface area contributed by atoms with Crippen LogP contribution in [-0.4, -0.2) is 44.4 Å². The van der Waals surface area contributed by atoms with Crippen LogP contribution >= 0.6 is 15.2 Å². The van der Waals surface area contributed by atoms with E-state index in [4.69, 9.17) is 22.8 Å². The predicted octanol–water partition coefficient (Wildman–Crippen LogP) is 4.77. The zero-order chi connectivity index (χ0) is 23.5. The van der Waals surface area contributed by atoms with Gasteiger partial charge in [-0.1, -0.05) is 12.1 Å². The first kappa shape index (κ1) is 26.0. The summed E-state index contributed by atoms with van der Waals surface area (Å²) in [6.07, 6.45) is -0.378. The molecule has 1 aromatic rings. The van der Waals surface area contributed by atoms with Crippen LogP contribution in [0.25, 0.3) is 0 Å². The summed E-state index contributed by atoms with van der Waals surface area (Å²) in [6, 6.07) is 6.81. The SMILES string of the molecule is CCOP(=O)(OCC)c1ccc([C@@H]2C[C@]2(NC(=O)OC(C)(C)C)P(=O)(OC)OC)cc1. The fourth-order valence-corrected chi connectivity index (χ4v) is 6.98. The van der Waals surface area contributed by atoms with Gasteiger partial charge in [-0.2, -0.15) is 0 Å². The first-order chi connectivity index (χ1) is 14.4. The Morgan fingerprint density at radius 2 is 1.58 bits per heavy atom. The third-order valence-electron chi connectivity index (χ3n) is 4.83. The van der Waals surface area contributed by atoms with E-state index >= 15 is 0 Å². The van der Waals surface area contributed by atoms with E-state index in [0.29, 0.717) is 11.7 Å². The average molecular weight is 477 g/mol. The summed E-state index contributed by atoms with van der Waals surface area (Å²) in [5.74, 6) is -0.349. The van der Waals surface area contributed by atoms with Gasteiger partial charge in [-0.25, -0.2) is 4.79 Å². The Balaban J connectivity index is 2.33. The normalized spacial score (nSPS) is 21.6. The van der Waals surface area contributed by atoms with Crippen LogP contribution in [0.15, 0.2) is 24.3 Å². The Morgan fingerprint density at radius 1 is 1.06 bits per heavy atom. The second-order valence-electron chi connectivity index (χ2n) is 8.10. The molecule has 31 heavy (non-hydrogen) atoms. The van der Waals surface area contributed by atoms with E-state index in [1.165, 1.54) is 14.2 Å². The quantitative estimate of drug-likeness (QED) is 0.480. The number of amides is 1. The number of ether oxygens (including phenoxy) is 1. The lowest BCUT2D eigenvalue weighted by atomic mass is 10.1. The van der Waals surface area contributed by atoms with Crippen molar-refractivity contribution in [2.45, 2.75) is 57.8 Å². The Morgan fingerprint density at radius 3 is 2.00 bits per heavy atom. The molecule has 1 saturated carbocycles. The van der Waals surface area contributed by atoms with Crippen LogP contribution in [0.5, 0.6) is 0 Å². The second-order valence-corrected chi connectivity index (χ2v) is 12.6. The number of hydrogen-bond acceptors (Lipinski definition) is 8. The number of benzene rings is 1. The lowest BCUT2D eigenvalue weighted by Gasteiger charge is -2.28. The monoisotopic (exact) mass is 477 g/mol. The van der Waals surface area contributed by atoms with Gasteiger partial charge in [0.05, 0.1) is 18.5 Å². The molecule has 176 valence electrons. The Hall–Kier alpha value is -1.21. The van der Waals surface area contributed by atoms with Gasteiger partial charge in [-0.15, -0.1) is 0 Å². The van der Waals surface area contributed by atoms with Crippen molar-refractivity contribution < 1.29 is 36.8 Å². The predicted molar refractivity (Wildman–Crippen MR) is 118 cm³/mol. The molecule has 0 saturated heterocycles. The molecule has 11 heteroatoms. The van der Waals surface area contributed by atoms with Crippen LogP contribution in [0.3, 0.4) is 0 Å². The van der Waals surface area contributed by atoms with Gasteiger partial charge in [0.15, 0.2) is 5.28 Å². The van der Waals surface area contributed by atoms with E-state index in [0.717, 1.165) is 5.56 Å². The summed E-state index contributed by atoms with van der Waals surface area (Å²) >= 11 is 0. The summed E-state index contributed by atoms with van der Waals surface area (Å²) in [5, 5.41) is 1.89. The van der Waals surface area contributed by atoms with Gasteiger partial charge in [0.25, 0.3) is 0 Å². The molecule has 1 N–H and O–H groups in total. The van der Waals surface area contributed by atoms with Crippen molar-refractivity contribution in [3.8, 4) is 0 Å². The number of carbonyl (C=O) groups excluding carboxylic acids is 1. The summed E-state index contributed by atoms with van der Waals surface area (Å²) in [6.45, 7) is 9.20. The molecule has 2 rings (SSSR count). The van der Waals surface area contributed by atoms with Crippen molar-refractivity contribution in [3.63, 3.8) is 0 Å². The minimum Gasteiger partial charge on any atom is -0.444 e. The van der Waals surface area contributed by atoms with E-state index in [2.05, 4.69) is 5.32 Å². The van der Waals surface area contributed by atoms with Crippen LogP contribution < -0.4 is 10.6 Å². The van der Waals surface area contributed by atoms with Crippen LogP contribution in [-0.2, 0) is 32.0 Å². The van der Waals surface area contributed by atoms with Crippen molar-refractivity contribution >= 4 is 26.6 Å². The van der Waals surface area contributed by atoms with Crippen LogP contribution in [0.4, 0.5) is 4.79 Å². The van der Waals surface area contributed by atoms with E-state index in [9.17, 15) is 13.9 Å². The van der Waals surface area contributed by atoms with Crippen molar-refractivity contribution in [1.29, 1.82) is 0 Å². The molecule has 1 aliphatic rings. The number of hydrogen-bond donors (Lipinski definition) is 1. The molecular weight excluding hydrogens is 444 g/mol. The van der Waals surface area contributed by atoms with Gasteiger partial charge in [0.2, 0.25) is 0 Å². The summed E-state index contributed by atoms with van der Waals surface area (Å²) in [5.41, 5.74) is 0.0509. The first-order valence-corrected chi connectivity index (χ1v) is 13.2. The van der Waals surface area contributed by atoms with Crippen molar-refractivity contribution in [2.75, 3.05) is 27.4 Å². The number of alkyl carbamates (subject to hydrolysis) is 1. The maximum absolute atomic E-state index is 13.3. The lowest BCUT2D eigenvalue weighted by Crippen LogP contribution is -2.42. The fourth-order valence-electron chi connectivity index (χ4n) is 3.45. The van der Waals surface area contributed by atoms with E-state index in [1.807, 2.05) is 0 Å². The highest BCUT2D eigenvalue weighted by atomic mass is 31.2. The smallest absolute Gasteiger partial charge is 0.408 e. The van der Waals surface area contributed by atoms with Gasteiger partial charge in [0, 0.05) is 20.1 Å². The van der Waals surface area contributed by atoms with E-state index < -0.39 is 32.2 Å². The Bertz CT molecular complexity index is 849. The highest BCUT2D eigenvalue weighted by molar-refractivity contribution is 7.62. The van der Waals surface area contributed by atoms with Crippen LogP contribution in [0.2, 0.25) is 0 Å². The lowest BCUT2D eigenvalue weighted by molar-refractivity contribution is 0.0504. The fraction of sp³-hybridized carbons (Fsp3) is 0.650. The van der Waals surface area contributed by atoms with Crippen molar-refractivity contribution in [1.82, 2.24) is 5.32 Å². The summed E-state index contributed by atoms with van der Waals surface area (Å²) in [4.78, 5) is 12.5. The zero-order valence-electron chi connectivity index (χ0n) is 19.2. The largest absolute Gasteiger partial charge is 0.444 e. The Labute approximate surface area is 184 Å². The van der Waals surface area contributed by atoms with Gasteiger partial charge in [-0.05, 0) is 58.7 Å². The van der Waals surface area contributed by atoms with Crippen LogP contribution in [0.1, 0.15) is 52.5 Å². The molecular formula is C20H33NO8P2. The maximum Gasteiger partial charge on any atom is 0.408 e. The second kappa shape index (κ2) is 9.74. The highest BCUT2D eigenvalue weighted by Gasteiger charge is 2.69. The molecule has 0 spiro atoms. The topological polar surface area (TPSA) is 109 Å². The first-order valence-electron chi connectivity index (χ1n) is 10.1. The molecule has 0 unspecified atom stereocenters. The molecule has 1 amide bonds. The van der Waals surface area contributed by atoms with E-state index in [1.54, 1.807) is 58.9 Å². The molecule has 1 aliphatic carbocycles. The maximum atomic E-state index is 13.3. The summed E-state index contributed by atoms with van der Waals surface area (Å²) in [7, 11) is -4.55. The molecule has 2 atom stereocenters. The van der Waals surface area contributed by atoms with Gasteiger partial charge in [0.1, 0.15) is 5.60 Å². The standard InChI is InChI=1S/C20H33NO8P2/c1-8-27-30(23,28-9-2)16-12-10-15(11-13-16)17-14-20(17,31(24,25-6)26-7)21-18(22)29-19(3,4)5/h10-13,17H,8-9,14H2,1-7H3,(H,21,22)/t17-,20-/m0/s1. The molecule has 0 aromatic heterocycles. The van der Waals surface area contributed by atoms with Crippen LogP contribution in [0, 0.1) is 0 Å². The van der Waals surface area contributed by atoms with Crippen molar-refractivity contribution in [2.24, 2.45) is 0 Å². The number of nitrogens with one attached hydrogen (secondary N) is 1. The Kier molecular flexibility index (Phi) is 8.18. The third-order valence-corrected chi connectivity index (χ3v) is 9.50. The average Bonchev–Trinajstić information content (AvgIpc) is 3.42. The van der Waals surface area contributed by atoms with Crippen molar-refractivity contribution in [3.05, 3.63) is 29.8 Å². The zero-order valence-corrected chi connectivity index (χ0v) is 21.0. The molecule has 0 radical (unpaired) electrons.